The summed E-state index contributed by atoms with van der Waals surface area (Å²) in [6, 6.07) is 10.6. The second-order valence-electron chi connectivity index (χ2n) is 5.23. The second kappa shape index (κ2) is 9.17. The van der Waals surface area contributed by atoms with Crippen LogP contribution in [0.3, 0.4) is 0 Å². The Bertz CT molecular complexity index is 768. The minimum atomic E-state index is -0.681. The smallest absolute Gasteiger partial charge is 0.316 e. The maximum Gasteiger partial charge on any atom is 0.316 e. The average Bonchev–Trinajstić information content (AvgIpc) is 2.60. The zero-order valence-corrected chi connectivity index (χ0v) is 14.4. The lowest BCUT2D eigenvalue weighted by atomic mass is 10.1. The maximum absolute atomic E-state index is 13.4. The number of carbonyl (C=O) groups is 2. The predicted octanol–water partition coefficient (Wildman–Crippen LogP) is 3.22. The molecule has 0 heterocycles. The van der Waals surface area contributed by atoms with E-state index in [1.54, 1.807) is 0 Å². The topological polar surface area (TPSA) is 55.4 Å². The monoisotopic (exact) mass is 365 g/mol. The summed E-state index contributed by atoms with van der Waals surface area (Å²) in [5, 5.41) is 2.65. The van der Waals surface area contributed by atoms with E-state index in [0.29, 0.717) is 6.54 Å². The highest BCUT2D eigenvalue weighted by Crippen LogP contribution is 2.22. The number of rotatable bonds is 7. The van der Waals surface area contributed by atoms with E-state index in [1.807, 2.05) is 31.2 Å². The van der Waals surface area contributed by atoms with E-state index in [-0.39, 0.29) is 10.6 Å². The van der Waals surface area contributed by atoms with E-state index in [1.165, 1.54) is 0 Å². The first kappa shape index (κ1) is 18.9. The van der Waals surface area contributed by atoms with Gasteiger partial charge in [-0.05, 0) is 36.2 Å². The first-order valence-corrected chi connectivity index (χ1v) is 8.49. The molecule has 132 valence electrons. The Hall–Kier alpha value is -2.41. The Kier molecular flexibility index (Phi) is 6.94. The molecule has 7 heteroatoms. The minimum Gasteiger partial charge on any atom is -0.455 e. The quantitative estimate of drug-likeness (QED) is 0.605. The number of thioether (sulfide) groups is 1. The summed E-state index contributed by atoms with van der Waals surface area (Å²) < 4.78 is 31.3. The van der Waals surface area contributed by atoms with Gasteiger partial charge >= 0.3 is 5.97 Å². The molecule has 0 saturated heterocycles. The Labute approximate surface area is 148 Å². The highest BCUT2D eigenvalue weighted by atomic mass is 32.2. The van der Waals surface area contributed by atoms with Gasteiger partial charge in [0.15, 0.2) is 6.61 Å². The van der Waals surface area contributed by atoms with Gasteiger partial charge in [-0.15, -0.1) is 11.8 Å². The van der Waals surface area contributed by atoms with Crippen molar-refractivity contribution in [2.45, 2.75) is 18.4 Å². The van der Waals surface area contributed by atoms with Crippen LogP contribution in [0.25, 0.3) is 0 Å². The van der Waals surface area contributed by atoms with Crippen molar-refractivity contribution < 1.29 is 23.1 Å². The molecular formula is C18H17F2NO3S. The standard InChI is InChI=1S/C18H17F2NO3S/c1-12-4-2-3-5-13(12)9-21-17(22)10-24-18(23)11-25-16-8-14(19)6-7-15(16)20/h2-8H,9-11H2,1H3,(H,21,22). The zero-order chi connectivity index (χ0) is 18.2. The molecule has 2 aromatic rings. The average molecular weight is 365 g/mol. The Balaban J connectivity index is 1.71. The first-order chi connectivity index (χ1) is 12.0. The zero-order valence-electron chi connectivity index (χ0n) is 13.6. The van der Waals surface area contributed by atoms with Crippen LogP contribution in [0.15, 0.2) is 47.4 Å². The lowest BCUT2D eigenvalue weighted by Crippen LogP contribution is -2.29. The van der Waals surface area contributed by atoms with E-state index >= 15 is 0 Å². The van der Waals surface area contributed by atoms with Crippen molar-refractivity contribution in [2.75, 3.05) is 12.4 Å². The molecule has 0 bridgehead atoms. The van der Waals surface area contributed by atoms with Gasteiger partial charge in [0.25, 0.3) is 5.91 Å². The van der Waals surface area contributed by atoms with Gasteiger partial charge in [0, 0.05) is 11.4 Å². The molecule has 2 rings (SSSR count). The number of halogens is 2. The summed E-state index contributed by atoms with van der Waals surface area (Å²) in [6.45, 7) is 1.85. The molecule has 4 nitrogen and oxygen atoms in total. The number of hydrogen-bond acceptors (Lipinski definition) is 4. The molecule has 0 aliphatic rings. The molecule has 0 atom stereocenters. The van der Waals surface area contributed by atoms with Crippen molar-refractivity contribution in [3.8, 4) is 0 Å². The van der Waals surface area contributed by atoms with Gasteiger partial charge in [0.2, 0.25) is 0 Å². The minimum absolute atomic E-state index is 0.0148. The Morgan fingerprint density at radius 2 is 1.92 bits per heavy atom. The fourth-order valence-electron chi connectivity index (χ4n) is 1.97. The van der Waals surface area contributed by atoms with Crippen LogP contribution in [0.5, 0.6) is 0 Å². The van der Waals surface area contributed by atoms with Gasteiger partial charge in [0.05, 0.1) is 5.75 Å². The molecule has 2 aromatic carbocycles. The largest absolute Gasteiger partial charge is 0.455 e. The highest BCUT2D eigenvalue weighted by molar-refractivity contribution is 8.00. The number of amides is 1. The predicted molar refractivity (Wildman–Crippen MR) is 91.1 cm³/mol. The molecule has 0 spiro atoms. The number of benzene rings is 2. The molecular weight excluding hydrogens is 348 g/mol. The summed E-state index contributed by atoms with van der Waals surface area (Å²) in [7, 11) is 0. The molecule has 0 aromatic heterocycles. The summed E-state index contributed by atoms with van der Waals surface area (Å²) in [4.78, 5) is 23.3. The lowest BCUT2D eigenvalue weighted by molar-refractivity contribution is -0.145. The van der Waals surface area contributed by atoms with Crippen LogP contribution in [0.4, 0.5) is 8.78 Å². The summed E-state index contributed by atoms with van der Waals surface area (Å²) in [5.74, 6) is -2.54. The molecule has 0 unspecified atom stereocenters. The number of hydrogen-bond donors (Lipinski definition) is 1. The molecule has 0 aliphatic heterocycles. The van der Waals surface area contributed by atoms with Gasteiger partial charge in [-0.2, -0.15) is 0 Å². The van der Waals surface area contributed by atoms with Gasteiger partial charge in [-0.3, -0.25) is 9.59 Å². The van der Waals surface area contributed by atoms with Crippen LogP contribution < -0.4 is 5.32 Å². The molecule has 0 fully saturated rings. The van der Waals surface area contributed by atoms with E-state index in [4.69, 9.17) is 4.74 Å². The second-order valence-corrected chi connectivity index (χ2v) is 6.24. The fourth-order valence-corrected chi connectivity index (χ4v) is 2.72. The molecule has 1 N–H and O–H groups in total. The van der Waals surface area contributed by atoms with E-state index in [2.05, 4.69) is 5.32 Å². The highest BCUT2D eigenvalue weighted by Gasteiger charge is 2.11. The third-order valence-electron chi connectivity index (χ3n) is 3.34. The molecule has 0 aliphatic carbocycles. The van der Waals surface area contributed by atoms with Gasteiger partial charge in [-0.25, -0.2) is 8.78 Å². The number of aryl methyl sites for hydroxylation is 1. The summed E-state index contributed by atoms with van der Waals surface area (Å²) in [5.41, 5.74) is 2.02. The van der Waals surface area contributed by atoms with Crippen LogP contribution >= 0.6 is 11.8 Å². The molecule has 0 saturated carbocycles. The van der Waals surface area contributed by atoms with E-state index in [9.17, 15) is 18.4 Å². The Morgan fingerprint density at radius 3 is 2.68 bits per heavy atom. The van der Waals surface area contributed by atoms with Gasteiger partial charge in [-0.1, -0.05) is 24.3 Å². The number of nitrogens with one attached hydrogen (secondary N) is 1. The number of ether oxygens (including phenoxy) is 1. The van der Waals surface area contributed by atoms with Gasteiger partial charge < -0.3 is 10.1 Å². The summed E-state index contributed by atoms with van der Waals surface area (Å²) >= 11 is 0.812. The lowest BCUT2D eigenvalue weighted by Gasteiger charge is -2.08. The van der Waals surface area contributed by atoms with Crippen molar-refractivity contribution in [2.24, 2.45) is 0 Å². The van der Waals surface area contributed by atoms with Crippen molar-refractivity contribution in [1.82, 2.24) is 5.32 Å². The third kappa shape index (κ3) is 6.19. The van der Waals surface area contributed by atoms with Crippen LogP contribution in [-0.2, 0) is 20.9 Å². The third-order valence-corrected chi connectivity index (χ3v) is 4.34. The van der Waals surface area contributed by atoms with Crippen LogP contribution in [0.2, 0.25) is 0 Å². The fraction of sp³-hybridized carbons (Fsp3) is 0.222. The number of esters is 1. The van der Waals surface area contributed by atoms with Crippen molar-refractivity contribution in [1.29, 1.82) is 0 Å². The SMILES string of the molecule is Cc1ccccc1CNC(=O)COC(=O)CSc1cc(F)ccc1F. The first-order valence-electron chi connectivity index (χ1n) is 7.50. The Morgan fingerprint density at radius 1 is 1.16 bits per heavy atom. The van der Waals surface area contributed by atoms with Crippen molar-refractivity contribution >= 4 is 23.6 Å². The summed E-state index contributed by atoms with van der Waals surface area (Å²) in [6.07, 6.45) is 0. The van der Waals surface area contributed by atoms with E-state index in [0.717, 1.165) is 41.1 Å². The van der Waals surface area contributed by atoms with Crippen molar-refractivity contribution in [3.63, 3.8) is 0 Å². The molecule has 0 radical (unpaired) electrons. The van der Waals surface area contributed by atoms with Crippen LogP contribution in [0, 0.1) is 18.6 Å². The maximum atomic E-state index is 13.4. The molecule has 25 heavy (non-hydrogen) atoms. The van der Waals surface area contributed by atoms with Crippen molar-refractivity contribution in [3.05, 3.63) is 65.2 Å². The van der Waals surface area contributed by atoms with Crippen LogP contribution in [0.1, 0.15) is 11.1 Å². The molecule has 1 amide bonds. The van der Waals surface area contributed by atoms with E-state index < -0.39 is 30.1 Å². The van der Waals surface area contributed by atoms with Gasteiger partial charge in [0.1, 0.15) is 11.6 Å². The van der Waals surface area contributed by atoms with Crippen LogP contribution in [-0.4, -0.2) is 24.2 Å². The normalized spacial score (nSPS) is 10.4. The number of carbonyl (C=O) groups excluding carboxylic acids is 2.